The van der Waals surface area contributed by atoms with Gasteiger partial charge in [0, 0.05) is 12.2 Å². The summed E-state index contributed by atoms with van der Waals surface area (Å²) in [6.45, 7) is 8.94. The molecule has 0 aromatic heterocycles. The minimum atomic E-state index is -0.584. The SMILES string of the molecule is CCOC1(C(=O)c2cccc(C)c2C)CCC(C)CC1. The van der Waals surface area contributed by atoms with Gasteiger partial charge >= 0.3 is 0 Å². The van der Waals surface area contributed by atoms with Crippen molar-refractivity contribution in [2.45, 2.75) is 59.0 Å². The van der Waals surface area contributed by atoms with E-state index in [2.05, 4.69) is 19.9 Å². The van der Waals surface area contributed by atoms with Gasteiger partial charge in [-0.15, -0.1) is 0 Å². The maximum absolute atomic E-state index is 13.1. The molecule has 0 bridgehead atoms. The fraction of sp³-hybridized carbons (Fsp3) is 0.611. The van der Waals surface area contributed by atoms with Gasteiger partial charge < -0.3 is 4.74 Å². The number of aryl methyl sites for hydroxylation is 1. The maximum atomic E-state index is 13.1. The van der Waals surface area contributed by atoms with Crippen LogP contribution in [0.4, 0.5) is 0 Å². The average Bonchev–Trinajstić information content (AvgIpc) is 2.44. The van der Waals surface area contributed by atoms with Gasteiger partial charge in [-0.25, -0.2) is 0 Å². The predicted octanol–water partition coefficient (Wildman–Crippen LogP) is 4.47. The molecule has 1 aromatic rings. The topological polar surface area (TPSA) is 26.3 Å². The van der Waals surface area contributed by atoms with Crippen LogP contribution >= 0.6 is 0 Å². The summed E-state index contributed by atoms with van der Waals surface area (Å²) in [5.74, 6) is 0.891. The van der Waals surface area contributed by atoms with E-state index in [0.717, 1.165) is 36.8 Å². The Kier molecular flexibility index (Phi) is 4.64. The fourth-order valence-corrected chi connectivity index (χ4v) is 3.18. The highest BCUT2D eigenvalue weighted by Crippen LogP contribution is 2.38. The first kappa shape index (κ1) is 15.2. The van der Waals surface area contributed by atoms with Crippen LogP contribution in [-0.2, 0) is 4.74 Å². The van der Waals surface area contributed by atoms with E-state index in [1.807, 2.05) is 26.0 Å². The number of ketones is 1. The number of benzene rings is 1. The molecular weight excluding hydrogens is 248 g/mol. The summed E-state index contributed by atoms with van der Waals surface area (Å²) in [5, 5.41) is 0. The van der Waals surface area contributed by atoms with E-state index in [1.54, 1.807) is 0 Å². The third-order valence-electron chi connectivity index (χ3n) is 4.77. The number of carbonyl (C=O) groups is 1. The van der Waals surface area contributed by atoms with Crippen LogP contribution in [0.5, 0.6) is 0 Å². The van der Waals surface area contributed by atoms with E-state index < -0.39 is 5.60 Å². The van der Waals surface area contributed by atoms with Crippen molar-refractivity contribution in [1.29, 1.82) is 0 Å². The Morgan fingerprint density at radius 3 is 2.55 bits per heavy atom. The molecule has 0 N–H and O–H groups in total. The summed E-state index contributed by atoms with van der Waals surface area (Å²) in [6, 6.07) is 5.98. The van der Waals surface area contributed by atoms with Crippen molar-refractivity contribution >= 4 is 5.78 Å². The van der Waals surface area contributed by atoms with Gasteiger partial charge in [-0.2, -0.15) is 0 Å². The van der Waals surface area contributed by atoms with Gasteiger partial charge in [0.2, 0.25) is 0 Å². The Bertz CT molecular complexity index is 482. The lowest BCUT2D eigenvalue weighted by molar-refractivity contribution is -0.0474. The quantitative estimate of drug-likeness (QED) is 0.757. The fourth-order valence-electron chi connectivity index (χ4n) is 3.18. The number of hydrogen-bond donors (Lipinski definition) is 0. The second kappa shape index (κ2) is 6.09. The van der Waals surface area contributed by atoms with E-state index in [-0.39, 0.29) is 5.78 Å². The lowest BCUT2D eigenvalue weighted by Gasteiger charge is -2.38. The van der Waals surface area contributed by atoms with Crippen LogP contribution in [0.2, 0.25) is 0 Å². The molecule has 2 nitrogen and oxygen atoms in total. The van der Waals surface area contributed by atoms with Crippen molar-refractivity contribution in [3.05, 3.63) is 34.9 Å². The van der Waals surface area contributed by atoms with E-state index in [1.165, 1.54) is 5.56 Å². The zero-order chi connectivity index (χ0) is 14.8. The summed E-state index contributed by atoms with van der Waals surface area (Å²) in [7, 11) is 0. The molecule has 2 heteroatoms. The van der Waals surface area contributed by atoms with Crippen LogP contribution in [0.15, 0.2) is 18.2 Å². The van der Waals surface area contributed by atoms with Gasteiger partial charge in [0.1, 0.15) is 5.60 Å². The van der Waals surface area contributed by atoms with E-state index in [0.29, 0.717) is 12.5 Å². The van der Waals surface area contributed by atoms with Crippen molar-refractivity contribution in [3.8, 4) is 0 Å². The van der Waals surface area contributed by atoms with Gasteiger partial charge in [0.25, 0.3) is 0 Å². The third kappa shape index (κ3) is 2.80. The molecule has 0 aliphatic heterocycles. The largest absolute Gasteiger partial charge is 0.367 e. The zero-order valence-electron chi connectivity index (χ0n) is 13.2. The normalized spacial score (nSPS) is 26.5. The molecule has 0 unspecified atom stereocenters. The third-order valence-corrected chi connectivity index (χ3v) is 4.77. The second-order valence-electron chi connectivity index (χ2n) is 6.19. The Labute approximate surface area is 122 Å². The van der Waals surface area contributed by atoms with Crippen molar-refractivity contribution in [2.24, 2.45) is 5.92 Å². The molecule has 2 rings (SSSR count). The van der Waals surface area contributed by atoms with Gasteiger partial charge in [0.15, 0.2) is 5.78 Å². The minimum Gasteiger partial charge on any atom is -0.367 e. The van der Waals surface area contributed by atoms with Crippen LogP contribution < -0.4 is 0 Å². The summed E-state index contributed by atoms with van der Waals surface area (Å²) < 4.78 is 5.98. The summed E-state index contributed by atoms with van der Waals surface area (Å²) in [6.07, 6.45) is 3.87. The van der Waals surface area contributed by atoms with Crippen molar-refractivity contribution in [1.82, 2.24) is 0 Å². The lowest BCUT2D eigenvalue weighted by atomic mass is 9.74. The molecule has 1 aromatic carbocycles. The molecular formula is C18H26O2. The summed E-state index contributed by atoms with van der Waals surface area (Å²) in [4.78, 5) is 13.1. The van der Waals surface area contributed by atoms with Gasteiger partial charge in [-0.3, -0.25) is 4.79 Å². The Morgan fingerprint density at radius 2 is 1.95 bits per heavy atom. The standard InChI is InChI=1S/C18H26O2/c1-5-20-18(11-9-13(2)10-12-18)17(19)16-8-6-7-14(3)15(16)4/h6-8,13H,5,9-12H2,1-4H3. The average molecular weight is 274 g/mol. The van der Waals surface area contributed by atoms with Crippen LogP contribution in [0.1, 0.15) is 61.0 Å². The maximum Gasteiger partial charge on any atom is 0.194 e. The van der Waals surface area contributed by atoms with Crippen molar-refractivity contribution < 1.29 is 9.53 Å². The van der Waals surface area contributed by atoms with Crippen molar-refractivity contribution in [2.75, 3.05) is 6.61 Å². The first-order valence-corrected chi connectivity index (χ1v) is 7.75. The van der Waals surface area contributed by atoms with Gasteiger partial charge in [0.05, 0.1) is 0 Å². The Morgan fingerprint density at radius 1 is 1.30 bits per heavy atom. The molecule has 1 aliphatic carbocycles. The van der Waals surface area contributed by atoms with Crippen LogP contribution in [0, 0.1) is 19.8 Å². The van der Waals surface area contributed by atoms with Gasteiger partial charge in [-0.1, -0.05) is 25.1 Å². The van der Waals surface area contributed by atoms with E-state index in [9.17, 15) is 4.79 Å². The molecule has 0 spiro atoms. The van der Waals surface area contributed by atoms with Crippen LogP contribution in [0.25, 0.3) is 0 Å². The highest BCUT2D eigenvalue weighted by molar-refractivity contribution is 6.03. The molecule has 110 valence electrons. The Balaban J connectivity index is 2.34. The van der Waals surface area contributed by atoms with Crippen LogP contribution in [0.3, 0.4) is 0 Å². The molecule has 0 heterocycles. The van der Waals surface area contributed by atoms with E-state index >= 15 is 0 Å². The molecule has 0 atom stereocenters. The summed E-state index contributed by atoms with van der Waals surface area (Å²) in [5.41, 5.74) is 2.52. The molecule has 0 radical (unpaired) electrons. The van der Waals surface area contributed by atoms with Crippen molar-refractivity contribution in [3.63, 3.8) is 0 Å². The first-order chi connectivity index (χ1) is 9.50. The second-order valence-corrected chi connectivity index (χ2v) is 6.19. The smallest absolute Gasteiger partial charge is 0.194 e. The lowest BCUT2D eigenvalue weighted by Crippen LogP contribution is -2.45. The van der Waals surface area contributed by atoms with Crippen LogP contribution in [-0.4, -0.2) is 18.0 Å². The highest BCUT2D eigenvalue weighted by atomic mass is 16.5. The minimum absolute atomic E-state index is 0.187. The Hall–Kier alpha value is -1.15. The van der Waals surface area contributed by atoms with Gasteiger partial charge in [-0.05, 0) is 63.5 Å². The number of hydrogen-bond acceptors (Lipinski definition) is 2. The summed E-state index contributed by atoms with van der Waals surface area (Å²) >= 11 is 0. The molecule has 0 saturated heterocycles. The molecule has 1 aliphatic rings. The first-order valence-electron chi connectivity index (χ1n) is 7.75. The molecule has 1 fully saturated rings. The number of carbonyl (C=O) groups excluding carboxylic acids is 1. The molecule has 20 heavy (non-hydrogen) atoms. The number of Topliss-reactive ketones (excluding diaryl/α,β-unsaturated/α-hetero) is 1. The molecule has 1 saturated carbocycles. The predicted molar refractivity (Wildman–Crippen MR) is 82.2 cm³/mol. The van der Waals surface area contributed by atoms with E-state index in [4.69, 9.17) is 4.74 Å². The monoisotopic (exact) mass is 274 g/mol. The number of rotatable bonds is 4. The highest BCUT2D eigenvalue weighted by Gasteiger charge is 2.42. The molecule has 0 amide bonds. The zero-order valence-corrected chi connectivity index (χ0v) is 13.2. The number of ether oxygens (including phenoxy) is 1.